The second kappa shape index (κ2) is 8.09. The van der Waals surface area contributed by atoms with Crippen LogP contribution in [0, 0.1) is 0 Å². The fraction of sp³-hybridized carbons (Fsp3) is 0.462. The number of methoxy groups -OCH3 is 1. The van der Waals surface area contributed by atoms with Gasteiger partial charge in [-0.2, -0.15) is 0 Å². The number of rotatable bonds is 7. The van der Waals surface area contributed by atoms with Crippen LogP contribution in [0.4, 0.5) is 13.2 Å². The molecule has 8 heteroatoms. The van der Waals surface area contributed by atoms with Crippen LogP contribution in [0.25, 0.3) is 0 Å². The molecule has 0 aliphatic heterocycles. The number of nitrogens with zero attached hydrogens (tertiary/aromatic N) is 1. The SMILES string of the molecule is COCCN(CCCl)C(=O)c1ccc(OC(F)(F)F)cc1. The van der Waals surface area contributed by atoms with E-state index in [0.717, 1.165) is 12.1 Å². The van der Waals surface area contributed by atoms with Crippen molar-refractivity contribution in [3.8, 4) is 5.75 Å². The molecular formula is C13H15ClF3NO3. The second-order valence-electron chi connectivity index (χ2n) is 4.05. The maximum atomic E-state index is 12.2. The Bertz CT molecular complexity index is 451. The Morgan fingerprint density at radius 3 is 2.33 bits per heavy atom. The lowest BCUT2D eigenvalue weighted by Crippen LogP contribution is -2.35. The fourth-order valence-corrected chi connectivity index (χ4v) is 1.80. The van der Waals surface area contributed by atoms with E-state index in [2.05, 4.69) is 4.74 Å². The molecular weight excluding hydrogens is 311 g/mol. The first-order valence-corrected chi connectivity index (χ1v) is 6.61. The molecule has 0 atom stereocenters. The summed E-state index contributed by atoms with van der Waals surface area (Å²) in [4.78, 5) is 13.7. The molecule has 1 rings (SSSR count). The highest BCUT2D eigenvalue weighted by atomic mass is 35.5. The first-order valence-electron chi connectivity index (χ1n) is 6.07. The average Bonchev–Trinajstić information content (AvgIpc) is 2.42. The lowest BCUT2D eigenvalue weighted by Gasteiger charge is -2.21. The Kier molecular flexibility index (Phi) is 6.77. The summed E-state index contributed by atoms with van der Waals surface area (Å²) in [5.74, 6) is -0.448. The number of alkyl halides is 4. The van der Waals surface area contributed by atoms with Crippen LogP contribution in [0.2, 0.25) is 0 Å². The van der Waals surface area contributed by atoms with Gasteiger partial charge in [0, 0.05) is 31.6 Å². The zero-order valence-electron chi connectivity index (χ0n) is 11.3. The Morgan fingerprint density at radius 1 is 1.24 bits per heavy atom. The molecule has 118 valence electrons. The Morgan fingerprint density at radius 2 is 1.86 bits per heavy atom. The molecule has 1 aromatic rings. The van der Waals surface area contributed by atoms with Crippen molar-refractivity contribution in [2.75, 3.05) is 32.7 Å². The summed E-state index contributed by atoms with van der Waals surface area (Å²) in [6.07, 6.45) is -4.76. The molecule has 0 radical (unpaired) electrons. The van der Waals surface area contributed by atoms with Crippen LogP contribution in [-0.4, -0.2) is 49.9 Å². The van der Waals surface area contributed by atoms with Crippen LogP contribution in [-0.2, 0) is 4.74 Å². The number of benzene rings is 1. The van der Waals surface area contributed by atoms with Crippen LogP contribution in [0.5, 0.6) is 5.75 Å². The molecule has 0 bridgehead atoms. The van der Waals surface area contributed by atoms with Gasteiger partial charge < -0.3 is 14.4 Å². The topological polar surface area (TPSA) is 38.8 Å². The van der Waals surface area contributed by atoms with Crippen molar-refractivity contribution in [2.45, 2.75) is 6.36 Å². The van der Waals surface area contributed by atoms with Crippen molar-refractivity contribution >= 4 is 17.5 Å². The number of hydrogen-bond donors (Lipinski definition) is 0. The van der Waals surface area contributed by atoms with E-state index in [4.69, 9.17) is 16.3 Å². The Hall–Kier alpha value is -1.47. The van der Waals surface area contributed by atoms with Gasteiger partial charge in [0.05, 0.1) is 6.61 Å². The van der Waals surface area contributed by atoms with Crippen LogP contribution < -0.4 is 4.74 Å². The summed E-state index contributed by atoms with van der Waals surface area (Å²) in [5.41, 5.74) is 0.255. The molecule has 1 aromatic carbocycles. The zero-order valence-corrected chi connectivity index (χ0v) is 12.1. The largest absolute Gasteiger partial charge is 0.573 e. The summed E-state index contributed by atoms with van der Waals surface area (Å²) in [5, 5.41) is 0. The monoisotopic (exact) mass is 325 g/mol. The fourth-order valence-electron chi connectivity index (χ4n) is 1.60. The standard InChI is InChI=1S/C13H15ClF3NO3/c1-20-9-8-18(7-6-14)12(19)10-2-4-11(5-3-10)21-13(15,16)17/h2-5H,6-9H2,1H3. The number of carbonyl (C=O) groups is 1. The van der Waals surface area contributed by atoms with Crippen molar-refractivity contribution in [2.24, 2.45) is 0 Å². The van der Waals surface area contributed by atoms with E-state index in [0.29, 0.717) is 19.7 Å². The molecule has 0 N–H and O–H groups in total. The Labute approximate surface area is 125 Å². The number of ether oxygens (including phenoxy) is 2. The Balaban J connectivity index is 2.76. The smallest absolute Gasteiger partial charge is 0.406 e. The summed E-state index contributed by atoms with van der Waals surface area (Å²) >= 11 is 5.62. The maximum absolute atomic E-state index is 12.2. The van der Waals surface area contributed by atoms with Crippen LogP contribution in [0.3, 0.4) is 0 Å². The quantitative estimate of drug-likeness (QED) is 0.724. The maximum Gasteiger partial charge on any atom is 0.573 e. The summed E-state index contributed by atoms with van der Waals surface area (Å²) in [7, 11) is 1.51. The molecule has 0 saturated carbocycles. The highest BCUT2D eigenvalue weighted by Crippen LogP contribution is 2.23. The van der Waals surface area contributed by atoms with Gasteiger partial charge in [0.1, 0.15) is 5.75 Å². The summed E-state index contributed by atoms with van der Waals surface area (Å²) in [6.45, 7) is 1.02. The highest BCUT2D eigenvalue weighted by Gasteiger charge is 2.31. The van der Waals surface area contributed by atoms with Crippen molar-refractivity contribution in [3.05, 3.63) is 29.8 Å². The van der Waals surface area contributed by atoms with Crippen LogP contribution in [0.1, 0.15) is 10.4 Å². The minimum atomic E-state index is -4.76. The number of hydrogen-bond acceptors (Lipinski definition) is 3. The van der Waals surface area contributed by atoms with Gasteiger partial charge in [-0.05, 0) is 24.3 Å². The highest BCUT2D eigenvalue weighted by molar-refractivity contribution is 6.18. The third-order valence-corrected chi connectivity index (χ3v) is 2.71. The summed E-state index contributed by atoms with van der Waals surface area (Å²) < 4.78 is 44.8. The molecule has 0 unspecified atom stereocenters. The first kappa shape index (κ1) is 17.6. The molecule has 1 amide bonds. The third-order valence-electron chi connectivity index (χ3n) is 2.54. The van der Waals surface area contributed by atoms with E-state index >= 15 is 0 Å². The van der Waals surface area contributed by atoms with Gasteiger partial charge in [0.2, 0.25) is 0 Å². The summed E-state index contributed by atoms with van der Waals surface area (Å²) in [6, 6.07) is 4.74. The van der Waals surface area contributed by atoms with Crippen molar-refractivity contribution in [1.29, 1.82) is 0 Å². The minimum absolute atomic E-state index is 0.255. The molecule has 0 heterocycles. The predicted octanol–water partition coefficient (Wildman–Crippen LogP) is 2.91. The normalized spacial score (nSPS) is 11.3. The lowest BCUT2D eigenvalue weighted by molar-refractivity contribution is -0.274. The van der Waals surface area contributed by atoms with E-state index in [1.54, 1.807) is 0 Å². The van der Waals surface area contributed by atoms with E-state index in [-0.39, 0.29) is 23.1 Å². The molecule has 0 aromatic heterocycles. The molecule has 0 spiro atoms. The van der Waals surface area contributed by atoms with Gasteiger partial charge in [-0.25, -0.2) is 0 Å². The van der Waals surface area contributed by atoms with Gasteiger partial charge >= 0.3 is 6.36 Å². The number of halogens is 4. The number of amides is 1. The van der Waals surface area contributed by atoms with E-state index in [1.807, 2.05) is 0 Å². The van der Waals surface area contributed by atoms with E-state index in [9.17, 15) is 18.0 Å². The number of carbonyl (C=O) groups excluding carboxylic acids is 1. The van der Waals surface area contributed by atoms with Gasteiger partial charge in [-0.15, -0.1) is 24.8 Å². The zero-order chi connectivity index (χ0) is 15.9. The lowest BCUT2D eigenvalue weighted by atomic mass is 10.2. The second-order valence-corrected chi connectivity index (χ2v) is 4.42. The molecule has 0 saturated heterocycles. The first-order chi connectivity index (χ1) is 9.87. The van der Waals surface area contributed by atoms with Crippen molar-refractivity contribution in [3.63, 3.8) is 0 Å². The van der Waals surface area contributed by atoms with E-state index in [1.165, 1.54) is 24.1 Å². The minimum Gasteiger partial charge on any atom is -0.406 e. The van der Waals surface area contributed by atoms with Crippen LogP contribution >= 0.6 is 11.6 Å². The molecule has 0 aliphatic rings. The van der Waals surface area contributed by atoms with Gasteiger partial charge in [0.25, 0.3) is 5.91 Å². The average molecular weight is 326 g/mol. The van der Waals surface area contributed by atoms with Crippen LogP contribution in [0.15, 0.2) is 24.3 Å². The molecule has 21 heavy (non-hydrogen) atoms. The van der Waals surface area contributed by atoms with Gasteiger partial charge in [-0.3, -0.25) is 4.79 Å². The van der Waals surface area contributed by atoms with E-state index < -0.39 is 6.36 Å². The molecule has 4 nitrogen and oxygen atoms in total. The van der Waals surface area contributed by atoms with Crippen molar-refractivity contribution in [1.82, 2.24) is 4.90 Å². The molecule has 0 aliphatic carbocycles. The van der Waals surface area contributed by atoms with Gasteiger partial charge in [-0.1, -0.05) is 0 Å². The third kappa shape index (κ3) is 6.22. The van der Waals surface area contributed by atoms with Gasteiger partial charge in [0.15, 0.2) is 0 Å². The van der Waals surface area contributed by atoms with Crippen molar-refractivity contribution < 1.29 is 27.4 Å². The molecule has 0 fully saturated rings. The predicted molar refractivity (Wildman–Crippen MR) is 71.6 cm³/mol.